The summed E-state index contributed by atoms with van der Waals surface area (Å²) in [5.41, 5.74) is -5.11. The van der Waals surface area contributed by atoms with E-state index in [0.717, 1.165) is 4.90 Å². The molecule has 1 saturated heterocycles. The quantitative estimate of drug-likeness (QED) is 0.642. The normalized spacial score (nSPS) is 20.7. The van der Waals surface area contributed by atoms with Crippen molar-refractivity contribution in [2.75, 3.05) is 13.1 Å². The van der Waals surface area contributed by atoms with E-state index in [1.54, 1.807) is 26.8 Å². The molecule has 1 amide bonds. The molecule has 3 atom stereocenters. The SMILES string of the molecule is CC(C)(C)[S+]([O-])N[C@@H](C(F)S(=O)(=O)c1ccccc1)C1(F)CCN(C(=O)O)CC1. The average Bonchev–Trinajstić information content (AvgIpc) is 2.65. The molecular weight excluding hydrogens is 426 g/mol. The third kappa shape index (κ3) is 5.39. The number of hydrogen-bond donors (Lipinski definition) is 2. The summed E-state index contributed by atoms with van der Waals surface area (Å²) >= 11 is -1.95. The Hall–Kier alpha value is -1.43. The summed E-state index contributed by atoms with van der Waals surface area (Å²) in [6.45, 7) is 4.33. The lowest BCUT2D eigenvalue weighted by atomic mass is 9.87. The second-order valence-corrected chi connectivity index (χ2v) is 12.0. The number of nitrogens with zero attached hydrogens (tertiary/aromatic N) is 1. The van der Waals surface area contributed by atoms with Crippen LogP contribution in [0.2, 0.25) is 0 Å². The Morgan fingerprint density at radius 2 is 1.79 bits per heavy atom. The Morgan fingerprint density at radius 3 is 2.24 bits per heavy atom. The van der Waals surface area contributed by atoms with Gasteiger partial charge in [-0.25, -0.2) is 22.0 Å². The Balaban J connectivity index is 2.38. The lowest BCUT2D eigenvalue weighted by Crippen LogP contribution is -2.62. The summed E-state index contributed by atoms with van der Waals surface area (Å²) in [6.07, 6.45) is -2.06. The van der Waals surface area contributed by atoms with E-state index < -0.39 is 62.1 Å². The summed E-state index contributed by atoms with van der Waals surface area (Å²) < 4.78 is 70.8. The Morgan fingerprint density at radius 1 is 1.28 bits per heavy atom. The van der Waals surface area contributed by atoms with Crippen molar-refractivity contribution in [2.45, 2.75) is 60.5 Å². The molecule has 29 heavy (non-hydrogen) atoms. The molecule has 0 spiro atoms. The maximum atomic E-state index is 15.8. The molecule has 2 N–H and O–H groups in total. The lowest BCUT2D eigenvalue weighted by Gasteiger charge is -2.41. The van der Waals surface area contributed by atoms with Gasteiger partial charge in [0.2, 0.25) is 15.3 Å². The first-order valence-corrected chi connectivity index (χ1v) is 11.8. The van der Waals surface area contributed by atoms with Gasteiger partial charge >= 0.3 is 6.09 Å². The van der Waals surface area contributed by atoms with Gasteiger partial charge in [-0.1, -0.05) is 18.2 Å². The molecule has 2 unspecified atom stereocenters. The molecule has 0 bridgehead atoms. The second-order valence-electron chi connectivity index (χ2n) is 7.99. The van der Waals surface area contributed by atoms with E-state index >= 15 is 8.78 Å². The first kappa shape index (κ1) is 23.8. The third-order valence-electron chi connectivity index (χ3n) is 4.84. The molecule has 1 heterocycles. The number of piperidine rings is 1. The van der Waals surface area contributed by atoms with Crippen LogP contribution in [0.3, 0.4) is 0 Å². The van der Waals surface area contributed by atoms with Gasteiger partial charge in [0.25, 0.3) is 0 Å². The van der Waals surface area contributed by atoms with Crippen LogP contribution in [-0.4, -0.2) is 64.1 Å². The predicted octanol–water partition coefficient (Wildman–Crippen LogP) is 2.66. The molecule has 1 aromatic carbocycles. The van der Waals surface area contributed by atoms with Gasteiger partial charge in [0, 0.05) is 37.3 Å². The molecule has 0 radical (unpaired) electrons. The van der Waals surface area contributed by atoms with Crippen molar-refractivity contribution in [3.63, 3.8) is 0 Å². The second kappa shape index (κ2) is 8.75. The smallest absolute Gasteiger partial charge is 0.407 e. The van der Waals surface area contributed by atoms with Crippen LogP contribution in [0.15, 0.2) is 35.2 Å². The van der Waals surface area contributed by atoms with E-state index in [2.05, 4.69) is 4.72 Å². The molecule has 1 aliphatic rings. The number of rotatable bonds is 6. The monoisotopic (exact) mass is 452 g/mol. The topological polar surface area (TPSA) is 110 Å². The van der Waals surface area contributed by atoms with Crippen molar-refractivity contribution in [2.24, 2.45) is 0 Å². The van der Waals surface area contributed by atoms with E-state index in [1.807, 2.05) is 0 Å². The number of alkyl halides is 2. The van der Waals surface area contributed by atoms with Crippen LogP contribution in [0.25, 0.3) is 0 Å². The highest BCUT2D eigenvalue weighted by atomic mass is 32.2. The number of nitrogens with one attached hydrogen (secondary N) is 1. The molecular formula is C18H26F2N2O5S2. The van der Waals surface area contributed by atoms with Gasteiger partial charge in [0.05, 0.1) is 4.90 Å². The summed E-state index contributed by atoms with van der Waals surface area (Å²) in [5, 5.41) is 9.06. The van der Waals surface area contributed by atoms with E-state index in [0.29, 0.717) is 0 Å². The van der Waals surface area contributed by atoms with E-state index in [9.17, 15) is 17.8 Å². The van der Waals surface area contributed by atoms with Gasteiger partial charge in [-0.05, 0) is 32.9 Å². The van der Waals surface area contributed by atoms with Crippen LogP contribution in [0.4, 0.5) is 13.6 Å². The number of hydrogen-bond acceptors (Lipinski definition) is 5. The third-order valence-corrected chi connectivity index (χ3v) is 8.22. The fourth-order valence-corrected chi connectivity index (χ4v) is 5.45. The van der Waals surface area contributed by atoms with Crippen LogP contribution >= 0.6 is 0 Å². The summed E-state index contributed by atoms with van der Waals surface area (Å²) in [4.78, 5) is 11.8. The number of carbonyl (C=O) groups is 1. The van der Waals surface area contributed by atoms with Gasteiger partial charge in [-0.15, -0.1) is 4.72 Å². The molecule has 0 aliphatic carbocycles. The maximum absolute atomic E-state index is 15.8. The van der Waals surface area contributed by atoms with E-state index in [-0.39, 0.29) is 18.0 Å². The van der Waals surface area contributed by atoms with Gasteiger partial charge < -0.3 is 14.6 Å². The van der Waals surface area contributed by atoms with Crippen molar-refractivity contribution >= 4 is 27.3 Å². The zero-order valence-corrected chi connectivity index (χ0v) is 18.1. The molecule has 164 valence electrons. The van der Waals surface area contributed by atoms with E-state index in [1.165, 1.54) is 24.3 Å². The summed E-state index contributed by atoms with van der Waals surface area (Å²) in [7, 11) is -4.58. The highest BCUT2D eigenvalue weighted by molar-refractivity contribution is 7.92. The highest BCUT2D eigenvalue weighted by Crippen LogP contribution is 2.36. The van der Waals surface area contributed by atoms with Crippen molar-refractivity contribution in [3.8, 4) is 0 Å². The van der Waals surface area contributed by atoms with Crippen molar-refractivity contribution in [1.82, 2.24) is 9.62 Å². The highest BCUT2D eigenvalue weighted by Gasteiger charge is 2.53. The van der Waals surface area contributed by atoms with Crippen LogP contribution in [-0.2, 0) is 21.2 Å². The van der Waals surface area contributed by atoms with Crippen LogP contribution in [0.5, 0.6) is 0 Å². The average molecular weight is 453 g/mol. The number of halogens is 2. The predicted molar refractivity (Wildman–Crippen MR) is 106 cm³/mol. The van der Waals surface area contributed by atoms with Crippen molar-refractivity contribution in [3.05, 3.63) is 30.3 Å². The van der Waals surface area contributed by atoms with Gasteiger partial charge in [0.15, 0.2) is 0 Å². The van der Waals surface area contributed by atoms with Gasteiger partial charge in [-0.3, -0.25) is 0 Å². The lowest BCUT2D eigenvalue weighted by molar-refractivity contribution is 0.0205. The minimum atomic E-state index is -4.58. The molecule has 0 saturated carbocycles. The fraction of sp³-hybridized carbons (Fsp3) is 0.611. The minimum Gasteiger partial charge on any atom is -0.598 e. The molecule has 7 nitrogen and oxygen atoms in total. The number of benzene rings is 1. The van der Waals surface area contributed by atoms with Gasteiger partial charge in [0.1, 0.15) is 16.5 Å². The van der Waals surface area contributed by atoms with Crippen LogP contribution in [0.1, 0.15) is 33.6 Å². The molecule has 1 aromatic rings. The standard InChI is InChI=1S/C18H26F2N2O5S2/c1-17(2,3)28(25)21-14(18(20)9-11-22(12-10-18)16(23)24)15(19)29(26,27)13-7-5-4-6-8-13/h4-8,14-15,21H,9-12H2,1-3H3,(H,23,24)/t14-,15?,28?/m0/s1. The molecule has 1 aliphatic heterocycles. The van der Waals surface area contributed by atoms with E-state index in [4.69, 9.17) is 5.11 Å². The number of carboxylic acid groups (broad SMARTS) is 1. The Kier molecular flexibility index (Phi) is 7.19. The number of likely N-dealkylation sites (tertiary alicyclic amines) is 1. The first-order chi connectivity index (χ1) is 13.3. The van der Waals surface area contributed by atoms with Crippen LogP contribution < -0.4 is 4.72 Å². The Bertz CT molecular complexity index is 809. The fourth-order valence-electron chi connectivity index (χ4n) is 2.99. The zero-order chi connectivity index (χ0) is 22.0. The summed E-state index contributed by atoms with van der Waals surface area (Å²) in [5.74, 6) is 0. The van der Waals surface area contributed by atoms with Crippen molar-refractivity contribution in [1.29, 1.82) is 0 Å². The van der Waals surface area contributed by atoms with Crippen molar-refractivity contribution < 1.29 is 31.7 Å². The first-order valence-electron chi connectivity index (χ1n) is 9.07. The molecule has 11 heteroatoms. The summed E-state index contributed by atoms with van der Waals surface area (Å²) in [6, 6.07) is 4.89. The molecule has 0 aromatic heterocycles. The number of sulfone groups is 1. The zero-order valence-electron chi connectivity index (χ0n) is 16.5. The Labute approximate surface area is 172 Å². The van der Waals surface area contributed by atoms with Gasteiger partial charge in [-0.2, -0.15) is 0 Å². The largest absolute Gasteiger partial charge is 0.598 e. The minimum absolute atomic E-state index is 0.218. The van der Waals surface area contributed by atoms with Crippen LogP contribution in [0, 0.1) is 0 Å². The molecule has 1 fully saturated rings. The number of amides is 1. The molecule has 2 rings (SSSR count). The maximum Gasteiger partial charge on any atom is 0.407 e.